The number of hydrogen-bond donors (Lipinski definition) is 2. The number of hydrogen-bond acceptors (Lipinski definition) is 3. The van der Waals surface area contributed by atoms with Gasteiger partial charge in [0.05, 0.1) is 0 Å². The number of nitrogen functional groups attached to an aromatic ring is 1. The molecule has 18 heavy (non-hydrogen) atoms. The molecule has 2 rings (SSSR count). The smallest absolute Gasteiger partial charge is 0.219 e. The number of nitrogens with two attached hydrogens (primary N) is 1. The minimum absolute atomic E-state index is 0.0763. The second-order valence-electron chi connectivity index (χ2n) is 3.48. The first-order valence-electron chi connectivity index (χ1n) is 4.99. The van der Waals surface area contributed by atoms with Crippen molar-refractivity contribution in [1.82, 2.24) is 4.98 Å². The van der Waals surface area contributed by atoms with E-state index in [0.29, 0.717) is 10.0 Å². The van der Waals surface area contributed by atoms with Crippen molar-refractivity contribution in [3.05, 3.63) is 52.4 Å². The van der Waals surface area contributed by atoms with E-state index in [0.717, 1.165) is 0 Å². The maximum atomic E-state index is 13.4. The second-order valence-corrected chi connectivity index (χ2v) is 4.39. The lowest BCUT2D eigenvalue weighted by molar-refractivity contribution is 0.427. The highest BCUT2D eigenvalue weighted by Gasteiger charge is 2.06. The summed E-state index contributed by atoms with van der Waals surface area (Å²) in [6.45, 7) is 0. The minimum Gasteiger partial charge on any atom is -0.436 e. The Morgan fingerprint density at radius 1 is 1.33 bits per heavy atom. The van der Waals surface area contributed by atoms with E-state index in [1.165, 1.54) is 24.4 Å². The predicted molar refractivity (Wildman–Crippen MR) is 69.4 cm³/mol. The van der Waals surface area contributed by atoms with Crippen LogP contribution in [0.25, 0.3) is 0 Å². The first kappa shape index (κ1) is 12.5. The maximum absolute atomic E-state index is 13.4. The SMILES string of the molecule is N=C(N)c1ccc(Oc2cc(Br)ccc2F)nc1. The number of benzene rings is 1. The Morgan fingerprint density at radius 3 is 2.72 bits per heavy atom. The number of amidine groups is 1. The summed E-state index contributed by atoms with van der Waals surface area (Å²) in [5.41, 5.74) is 5.78. The molecule has 0 bridgehead atoms. The standard InChI is InChI=1S/C12H9BrFN3O/c13-8-2-3-9(14)10(5-8)18-11-4-1-7(6-17-11)12(15)16/h1-6H,(H3,15,16). The first-order chi connectivity index (χ1) is 8.56. The monoisotopic (exact) mass is 309 g/mol. The van der Waals surface area contributed by atoms with Crippen LogP contribution in [0, 0.1) is 11.2 Å². The molecule has 0 amide bonds. The Hall–Kier alpha value is -1.95. The van der Waals surface area contributed by atoms with E-state index >= 15 is 0 Å². The normalized spacial score (nSPS) is 10.1. The summed E-state index contributed by atoms with van der Waals surface area (Å²) < 4.78 is 19.4. The first-order valence-corrected chi connectivity index (χ1v) is 5.79. The quantitative estimate of drug-likeness (QED) is 0.676. The highest BCUT2D eigenvalue weighted by molar-refractivity contribution is 9.10. The number of pyridine rings is 1. The fraction of sp³-hybridized carbons (Fsp3) is 0. The Bertz CT molecular complexity index is 586. The summed E-state index contributed by atoms with van der Waals surface area (Å²) in [6.07, 6.45) is 1.40. The van der Waals surface area contributed by atoms with Crippen LogP contribution in [0.4, 0.5) is 4.39 Å². The number of halogens is 2. The lowest BCUT2D eigenvalue weighted by Gasteiger charge is -2.06. The van der Waals surface area contributed by atoms with Gasteiger partial charge in [0.25, 0.3) is 0 Å². The van der Waals surface area contributed by atoms with Crippen molar-refractivity contribution >= 4 is 21.8 Å². The Kier molecular flexibility index (Phi) is 3.57. The summed E-state index contributed by atoms with van der Waals surface area (Å²) in [5, 5.41) is 7.22. The van der Waals surface area contributed by atoms with E-state index in [2.05, 4.69) is 20.9 Å². The van der Waals surface area contributed by atoms with Gasteiger partial charge in [-0.3, -0.25) is 5.41 Å². The molecule has 1 aromatic heterocycles. The molecule has 1 aromatic carbocycles. The summed E-state index contributed by atoms with van der Waals surface area (Å²) in [5.74, 6) is -0.247. The number of nitrogens with zero attached hydrogens (tertiary/aromatic N) is 1. The van der Waals surface area contributed by atoms with Crippen LogP contribution < -0.4 is 10.5 Å². The second kappa shape index (κ2) is 5.14. The van der Waals surface area contributed by atoms with Crippen molar-refractivity contribution in [1.29, 1.82) is 5.41 Å². The molecule has 0 saturated heterocycles. The topological polar surface area (TPSA) is 72.0 Å². The molecule has 3 N–H and O–H groups in total. The molecule has 0 saturated carbocycles. The summed E-state index contributed by atoms with van der Waals surface area (Å²) in [4.78, 5) is 3.94. The van der Waals surface area contributed by atoms with E-state index in [-0.39, 0.29) is 17.5 Å². The van der Waals surface area contributed by atoms with E-state index in [4.69, 9.17) is 15.9 Å². The van der Waals surface area contributed by atoms with Gasteiger partial charge in [0.2, 0.25) is 5.88 Å². The van der Waals surface area contributed by atoms with Gasteiger partial charge in [-0.15, -0.1) is 0 Å². The van der Waals surface area contributed by atoms with Gasteiger partial charge >= 0.3 is 0 Å². The molecule has 0 fully saturated rings. The molecule has 0 atom stereocenters. The van der Waals surface area contributed by atoms with Crippen molar-refractivity contribution in [2.24, 2.45) is 5.73 Å². The van der Waals surface area contributed by atoms with E-state index in [1.54, 1.807) is 12.1 Å². The van der Waals surface area contributed by atoms with Gasteiger partial charge in [0.1, 0.15) is 5.84 Å². The van der Waals surface area contributed by atoms with Crippen LogP contribution in [-0.4, -0.2) is 10.8 Å². The van der Waals surface area contributed by atoms with Crippen molar-refractivity contribution in [2.75, 3.05) is 0 Å². The molecule has 0 aliphatic heterocycles. The van der Waals surface area contributed by atoms with Crippen LogP contribution in [0.5, 0.6) is 11.6 Å². The average Bonchev–Trinajstić information content (AvgIpc) is 2.34. The largest absolute Gasteiger partial charge is 0.436 e. The predicted octanol–water partition coefficient (Wildman–Crippen LogP) is 3.06. The van der Waals surface area contributed by atoms with Gasteiger partial charge in [-0.1, -0.05) is 15.9 Å². The van der Waals surface area contributed by atoms with Gasteiger partial charge in [-0.25, -0.2) is 9.37 Å². The van der Waals surface area contributed by atoms with Crippen LogP contribution in [-0.2, 0) is 0 Å². The highest BCUT2D eigenvalue weighted by atomic mass is 79.9. The zero-order valence-electron chi connectivity index (χ0n) is 9.15. The van der Waals surface area contributed by atoms with Crippen molar-refractivity contribution in [3.63, 3.8) is 0 Å². The van der Waals surface area contributed by atoms with Gasteiger partial charge in [-0.2, -0.15) is 0 Å². The molecule has 4 nitrogen and oxygen atoms in total. The van der Waals surface area contributed by atoms with E-state index in [9.17, 15) is 4.39 Å². The van der Waals surface area contributed by atoms with E-state index < -0.39 is 5.82 Å². The van der Waals surface area contributed by atoms with Crippen molar-refractivity contribution in [2.45, 2.75) is 0 Å². The average molecular weight is 310 g/mol. The zero-order valence-corrected chi connectivity index (χ0v) is 10.7. The number of rotatable bonds is 3. The van der Waals surface area contributed by atoms with Crippen molar-refractivity contribution in [3.8, 4) is 11.6 Å². The molecule has 0 radical (unpaired) electrons. The molecule has 0 aliphatic carbocycles. The van der Waals surface area contributed by atoms with Crippen LogP contribution >= 0.6 is 15.9 Å². The third kappa shape index (κ3) is 2.84. The summed E-state index contributed by atoms with van der Waals surface area (Å²) in [6, 6.07) is 7.49. The summed E-state index contributed by atoms with van der Waals surface area (Å²) in [7, 11) is 0. The molecule has 2 aromatic rings. The van der Waals surface area contributed by atoms with Gasteiger partial charge < -0.3 is 10.5 Å². The summed E-state index contributed by atoms with van der Waals surface area (Å²) >= 11 is 3.23. The molecule has 1 heterocycles. The molecular formula is C12H9BrFN3O. The molecule has 0 aliphatic rings. The highest BCUT2D eigenvalue weighted by Crippen LogP contribution is 2.26. The van der Waals surface area contributed by atoms with Gasteiger partial charge in [0, 0.05) is 22.3 Å². The maximum Gasteiger partial charge on any atom is 0.219 e. The lowest BCUT2D eigenvalue weighted by atomic mass is 10.3. The van der Waals surface area contributed by atoms with Crippen LogP contribution in [0.3, 0.4) is 0 Å². The Balaban J connectivity index is 2.23. The Labute approximate surface area is 111 Å². The fourth-order valence-electron chi connectivity index (χ4n) is 1.27. The molecule has 6 heteroatoms. The molecule has 0 unspecified atom stereocenters. The van der Waals surface area contributed by atoms with Gasteiger partial charge in [0.15, 0.2) is 11.6 Å². The number of aromatic nitrogens is 1. The molecule has 0 spiro atoms. The van der Waals surface area contributed by atoms with E-state index in [1.807, 2.05) is 0 Å². The third-order valence-corrected chi connectivity index (χ3v) is 2.65. The van der Waals surface area contributed by atoms with Crippen LogP contribution in [0.1, 0.15) is 5.56 Å². The van der Waals surface area contributed by atoms with Crippen LogP contribution in [0.2, 0.25) is 0 Å². The van der Waals surface area contributed by atoms with Gasteiger partial charge in [-0.05, 0) is 24.3 Å². The molecule has 92 valence electrons. The van der Waals surface area contributed by atoms with Crippen LogP contribution in [0.15, 0.2) is 41.0 Å². The Morgan fingerprint density at radius 2 is 2.11 bits per heavy atom. The number of nitrogens with one attached hydrogen (secondary N) is 1. The number of ether oxygens (including phenoxy) is 1. The fourth-order valence-corrected chi connectivity index (χ4v) is 1.61. The minimum atomic E-state index is -0.476. The lowest BCUT2D eigenvalue weighted by Crippen LogP contribution is -2.11. The molecular weight excluding hydrogens is 301 g/mol. The van der Waals surface area contributed by atoms with Crippen molar-refractivity contribution < 1.29 is 9.13 Å². The zero-order chi connectivity index (χ0) is 13.1. The third-order valence-electron chi connectivity index (χ3n) is 2.16.